The van der Waals surface area contributed by atoms with Gasteiger partial charge in [0.15, 0.2) is 0 Å². The van der Waals surface area contributed by atoms with Crippen molar-refractivity contribution in [3.8, 4) is 0 Å². The van der Waals surface area contributed by atoms with Gasteiger partial charge in [0, 0.05) is 31.4 Å². The standard InChI is InChI=1S/C12H18N2O3/c1-9(10(2)12(16)17)11(15)13-5-8-14-6-3-4-7-14/h3-4,6-7,9-10H,5,8H2,1-2H3,(H,13,15)(H,16,17). The highest BCUT2D eigenvalue weighted by molar-refractivity contribution is 5.84. The molecule has 0 spiro atoms. The Morgan fingerprint density at radius 2 is 1.82 bits per heavy atom. The average Bonchev–Trinajstić information content (AvgIpc) is 2.79. The van der Waals surface area contributed by atoms with Crippen LogP contribution in [-0.2, 0) is 16.1 Å². The Hall–Kier alpha value is -1.78. The Morgan fingerprint density at radius 3 is 2.35 bits per heavy atom. The lowest BCUT2D eigenvalue weighted by Gasteiger charge is -2.15. The zero-order chi connectivity index (χ0) is 12.8. The first-order valence-electron chi connectivity index (χ1n) is 5.63. The van der Waals surface area contributed by atoms with Crippen molar-refractivity contribution in [2.45, 2.75) is 20.4 Å². The van der Waals surface area contributed by atoms with Crippen molar-refractivity contribution < 1.29 is 14.7 Å². The number of carbonyl (C=O) groups excluding carboxylic acids is 1. The predicted octanol–water partition coefficient (Wildman–Crippen LogP) is 0.961. The molecule has 17 heavy (non-hydrogen) atoms. The first-order valence-corrected chi connectivity index (χ1v) is 5.63. The molecule has 0 aliphatic carbocycles. The van der Waals surface area contributed by atoms with Gasteiger partial charge in [0.2, 0.25) is 5.91 Å². The van der Waals surface area contributed by atoms with Gasteiger partial charge in [0.1, 0.15) is 0 Å². The van der Waals surface area contributed by atoms with E-state index in [9.17, 15) is 9.59 Å². The number of carboxylic acids is 1. The van der Waals surface area contributed by atoms with Crippen molar-refractivity contribution >= 4 is 11.9 Å². The van der Waals surface area contributed by atoms with E-state index in [0.29, 0.717) is 13.1 Å². The van der Waals surface area contributed by atoms with Crippen molar-refractivity contribution in [2.24, 2.45) is 11.8 Å². The first kappa shape index (κ1) is 13.3. The van der Waals surface area contributed by atoms with Crippen molar-refractivity contribution in [1.29, 1.82) is 0 Å². The summed E-state index contributed by atoms with van der Waals surface area (Å²) >= 11 is 0. The second kappa shape index (κ2) is 6.08. The van der Waals surface area contributed by atoms with Gasteiger partial charge in [-0.3, -0.25) is 9.59 Å². The molecule has 0 aromatic carbocycles. The van der Waals surface area contributed by atoms with Gasteiger partial charge in [-0.2, -0.15) is 0 Å². The molecule has 5 heteroatoms. The molecule has 0 saturated heterocycles. The fourth-order valence-corrected chi connectivity index (χ4v) is 1.43. The summed E-state index contributed by atoms with van der Waals surface area (Å²) in [7, 11) is 0. The normalized spacial score (nSPS) is 14.0. The van der Waals surface area contributed by atoms with Crippen LogP contribution in [-0.4, -0.2) is 28.1 Å². The maximum atomic E-state index is 11.6. The lowest BCUT2D eigenvalue weighted by Crippen LogP contribution is -2.36. The van der Waals surface area contributed by atoms with E-state index < -0.39 is 17.8 Å². The van der Waals surface area contributed by atoms with Crippen LogP contribution in [0.5, 0.6) is 0 Å². The molecule has 0 bridgehead atoms. The molecule has 0 radical (unpaired) electrons. The number of aromatic nitrogens is 1. The van der Waals surface area contributed by atoms with Crippen LogP contribution in [0.3, 0.4) is 0 Å². The number of nitrogens with zero attached hydrogens (tertiary/aromatic N) is 1. The highest BCUT2D eigenvalue weighted by Gasteiger charge is 2.25. The number of aliphatic carboxylic acids is 1. The predicted molar refractivity (Wildman–Crippen MR) is 63.4 cm³/mol. The Balaban J connectivity index is 2.32. The minimum Gasteiger partial charge on any atom is -0.481 e. The van der Waals surface area contributed by atoms with Gasteiger partial charge in [-0.1, -0.05) is 13.8 Å². The summed E-state index contributed by atoms with van der Waals surface area (Å²) < 4.78 is 1.95. The summed E-state index contributed by atoms with van der Waals surface area (Å²) in [6.07, 6.45) is 3.82. The molecule has 0 saturated carbocycles. The lowest BCUT2D eigenvalue weighted by atomic mass is 9.95. The highest BCUT2D eigenvalue weighted by Crippen LogP contribution is 2.10. The van der Waals surface area contributed by atoms with Crippen LogP contribution in [0, 0.1) is 11.8 Å². The summed E-state index contributed by atoms with van der Waals surface area (Å²) in [4.78, 5) is 22.4. The van der Waals surface area contributed by atoms with Gasteiger partial charge in [-0.05, 0) is 12.1 Å². The van der Waals surface area contributed by atoms with Crippen molar-refractivity contribution in [3.63, 3.8) is 0 Å². The van der Waals surface area contributed by atoms with Crippen LogP contribution < -0.4 is 5.32 Å². The van der Waals surface area contributed by atoms with E-state index in [1.807, 2.05) is 29.1 Å². The number of amides is 1. The zero-order valence-electron chi connectivity index (χ0n) is 10.1. The monoisotopic (exact) mass is 238 g/mol. The third-order valence-corrected chi connectivity index (χ3v) is 2.89. The molecule has 1 rings (SSSR count). The van der Waals surface area contributed by atoms with Crippen LogP contribution >= 0.6 is 0 Å². The van der Waals surface area contributed by atoms with E-state index >= 15 is 0 Å². The molecule has 94 valence electrons. The van der Waals surface area contributed by atoms with E-state index in [0.717, 1.165) is 0 Å². The van der Waals surface area contributed by atoms with Crippen LogP contribution in [0.25, 0.3) is 0 Å². The molecule has 0 fully saturated rings. The quantitative estimate of drug-likeness (QED) is 0.775. The zero-order valence-corrected chi connectivity index (χ0v) is 10.1. The second-order valence-corrected chi connectivity index (χ2v) is 4.13. The Morgan fingerprint density at radius 1 is 1.24 bits per heavy atom. The molecule has 1 amide bonds. The number of carboxylic acid groups (broad SMARTS) is 1. The molecule has 2 N–H and O–H groups in total. The fraction of sp³-hybridized carbons (Fsp3) is 0.500. The molecule has 1 aromatic rings. The van der Waals surface area contributed by atoms with E-state index in [-0.39, 0.29) is 5.91 Å². The van der Waals surface area contributed by atoms with Gasteiger partial charge in [0.25, 0.3) is 0 Å². The molecule has 0 aliphatic heterocycles. The van der Waals surface area contributed by atoms with Gasteiger partial charge in [-0.25, -0.2) is 0 Å². The second-order valence-electron chi connectivity index (χ2n) is 4.13. The van der Waals surface area contributed by atoms with Gasteiger partial charge in [-0.15, -0.1) is 0 Å². The summed E-state index contributed by atoms with van der Waals surface area (Å²) in [5.74, 6) is -2.34. The maximum Gasteiger partial charge on any atom is 0.307 e. The van der Waals surface area contributed by atoms with Crippen LogP contribution in [0.1, 0.15) is 13.8 Å². The number of hydrogen-bond acceptors (Lipinski definition) is 2. The summed E-state index contributed by atoms with van der Waals surface area (Å²) in [5, 5.41) is 11.5. The number of nitrogens with one attached hydrogen (secondary N) is 1. The highest BCUT2D eigenvalue weighted by atomic mass is 16.4. The van der Waals surface area contributed by atoms with Gasteiger partial charge in [0.05, 0.1) is 5.92 Å². The Bertz CT molecular complexity index is 373. The number of rotatable bonds is 6. The Labute approximate surface area is 100 Å². The number of carbonyl (C=O) groups is 2. The van der Waals surface area contributed by atoms with Crippen molar-refractivity contribution in [1.82, 2.24) is 9.88 Å². The third kappa shape index (κ3) is 3.94. The maximum absolute atomic E-state index is 11.6. The topological polar surface area (TPSA) is 71.3 Å². The van der Waals surface area contributed by atoms with E-state index in [2.05, 4.69) is 5.32 Å². The molecule has 2 unspecified atom stereocenters. The fourth-order valence-electron chi connectivity index (χ4n) is 1.43. The molecule has 0 aliphatic rings. The lowest BCUT2D eigenvalue weighted by molar-refractivity contribution is -0.146. The molecule has 2 atom stereocenters. The first-order chi connectivity index (χ1) is 8.02. The van der Waals surface area contributed by atoms with Gasteiger partial charge < -0.3 is 15.0 Å². The van der Waals surface area contributed by atoms with E-state index in [4.69, 9.17) is 5.11 Å². The summed E-state index contributed by atoms with van der Waals surface area (Å²) in [5.41, 5.74) is 0. The largest absolute Gasteiger partial charge is 0.481 e. The van der Waals surface area contributed by atoms with Crippen molar-refractivity contribution in [3.05, 3.63) is 24.5 Å². The smallest absolute Gasteiger partial charge is 0.307 e. The van der Waals surface area contributed by atoms with Crippen LogP contribution in [0.4, 0.5) is 0 Å². The minimum absolute atomic E-state index is 0.216. The van der Waals surface area contributed by atoms with Crippen molar-refractivity contribution in [2.75, 3.05) is 6.54 Å². The summed E-state index contributed by atoms with van der Waals surface area (Å²) in [6.45, 7) is 4.36. The molecule has 1 aromatic heterocycles. The molecule has 1 heterocycles. The summed E-state index contributed by atoms with van der Waals surface area (Å²) in [6, 6.07) is 3.83. The molecular weight excluding hydrogens is 220 g/mol. The Kier molecular flexibility index (Phi) is 4.75. The molecular formula is C12H18N2O3. The average molecular weight is 238 g/mol. The van der Waals surface area contributed by atoms with Crippen LogP contribution in [0.2, 0.25) is 0 Å². The van der Waals surface area contributed by atoms with E-state index in [1.54, 1.807) is 13.8 Å². The van der Waals surface area contributed by atoms with Crippen LogP contribution in [0.15, 0.2) is 24.5 Å². The number of hydrogen-bond donors (Lipinski definition) is 2. The van der Waals surface area contributed by atoms with E-state index in [1.165, 1.54) is 0 Å². The molecule has 5 nitrogen and oxygen atoms in total. The van der Waals surface area contributed by atoms with Gasteiger partial charge >= 0.3 is 5.97 Å². The third-order valence-electron chi connectivity index (χ3n) is 2.89. The SMILES string of the molecule is CC(C(=O)O)C(C)C(=O)NCCn1cccc1. The minimum atomic E-state index is -0.946.